The highest BCUT2D eigenvalue weighted by atomic mass is 16.7. The number of hydrogen-bond acceptors (Lipinski definition) is 22. The molecule has 0 aromatic carbocycles. The fourth-order valence-corrected chi connectivity index (χ4v) is 9.00. The Morgan fingerprint density at radius 3 is 1.49 bits per heavy atom. The van der Waals surface area contributed by atoms with Gasteiger partial charge in [0.2, 0.25) is 0 Å². The van der Waals surface area contributed by atoms with Crippen LogP contribution in [0.5, 0.6) is 0 Å². The maximum atomic E-state index is 14.6. The molecule has 2 saturated heterocycles. The molecule has 83 heavy (non-hydrogen) atoms. The van der Waals surface area contributed by atoms with Crippen molar-refractivity contribution in [2.75, 3.05) is 20.1 Å². The van der Waals surface area contributed by atoms with Crippen molar-refractivity contribution in [1.82, 2.24) is 31.5 Å². The van der Waals surface area contributed by atoms with Crippen molar-refractivity contribution in [3.05, 3.63) is 0 Å². The molecule has 1 aliphatic carbocycles. The average molecular weight is 1190 g/mol. The minimum atomic E-state index is -2.03. The van der Waals surface area contributed by atoms with Gasteiger partial charge in [0.15, 0.2) is 30.9 Å². The SMILES string of the molecule is CCC1O[C@H](O[C@@H]2C(O)C(O[C@H]3OC(CN(C)C(=O)OC(C)(C)C)CCC3NC(=O)OC(C)(C)C)[C@H](NC(=O)OC(C)(C)C)C[C@H]2NC(=O)[C@H](CCNC(=O)OC(C)(C)C)OC(C)=O)C(OC(C)=O)[C@@H](NC(=O)OC(C)(C)C)[C@H]1OC(C)=O. The summed E-state index contributed by atoms with van der Waals surface area (Å²) in [4.78, 5) is 121. The van der Waals surface area contributed by atoms with Crippen LogP contribution in [0.25, 0.3) is 0 Å². The van der Waals surface area contributed by atoms with E-state index in [9.17, 15) is 48.3 Å². The van der Waals surface area contributed by atoms with E-state index in [4.69, 9.17) is 56.8 Å². The van der Waals surface area contributed by atoms with Crippen LogP contribution in [0.3, 0.4) is 0 Å². The molecule has 6 amide bonds. The number of carbonyl (C=O) groups excluding carboxylic acids is 9. The molecule has 6 N–H and O–H groups in total. The summed E-state index contributed by atoms with van der Waals surface area (Å²) < 4.78 is 71.2. The van der Waals surface area contributed by atoms with Gasteiger partial charge < -0.3 is 93.4 Å². The molecule has 28 heteroatoms. The number of aliphatic hydroxyl groups excluding tert-OH is 1. The number of aliphatic hydroxyl groups is 1. The van der Waals surface area contributed by atoms with E-state index in [0.29, 0.717) is 0 Å². The van der Waals surface area contributed by atoms with Crippen LogP contribution in [0.2, 0.25) is 0 Å². The standard InChI is InChI=1S/C55H94N6O22/c1-21-35-41(73-29(3)63)37(60-49(70)82-54(14,15)16)42(74-30(4)64)45(76-35)78-39-33(57-43(66)36(72-28(2)62)24-25-56-46(67)79-51(5,6)7)26-34(59-48(69)81-53(11,12)13)40(38(39)65)77-44-32(58-47(68)80-52(8,9)10)23-22-31(75-44)27-61(20)50(71)83-55(17,18)19/h31-42,44-45,65H,21-27H2,1-20H3,(H,56,67)(H,57,66)(H,58,68)(H,59,69)(H,60,70)/t31?,32?,33-,34-,35?,36+,37+,38?,39+,40?,41+,42?,44-,45-/m1/s1. The molecule has 2 aliphatic heterocycles. The molecule has 6 unspecified atom stereocenters. The summed E-state index contributed by atoms with van der Waals surface area (Å²) in [5, 5.41) is 26.5. The lowest BCUT2D eigenvalue weighted by atomic mass is 9.83. The number of amides is 6. The van der Waals surface area contributed by atoms with Crippen LogP contribution >= 0.6 is 0 Å². The van der Waals surface area contributed by atoms with E-state index in [1.165, 1.54) is 11.9 Å². The first-order valence-corrected chi connectivity index (χ1v) is 27.9. The highest BCUT2D eigenvalue weighted by molar-refractivity contribution is 5.84. The lowest BCUT2D eigenvalue weighted by molar-refractivity contribution is -0.316. The number of nitrogens with one attached hydrogen (secondary N) is 5. The first kappa shape index (κ1) is 71.3. The molecule has 3 aliphatic rings. The van der Waals surface area contributed by atoms with Gasteiger partial charge in [0.25, 0.3) is 5.91 Å². The normalized spacial score (nSPS) is 27.2. The number of nitrogens with zero attached hydrogens (tertiary/aromatic N) is 1. The fourth-order valence-electron chi connectivity index (χ4n) is 9.00. The molecule has 2 heterocycles. The maximum absolute atomic E-state index is 14.6. The largest absolute Gasteiger partial charge is 0.457 e. The molecule has 0 spiro atoms. The number of likely N-dealkylation sites (N-methyl/N-ethyl adjacent to an activating group) is 1. The molecule has 0 bridgehead atoms. The van der Waals surface area contributed by atoms with Gasteiger partial charge in [-0.15, -0.1) is 0 Å². The van der Waals surface area contributed by atoms with Gasteiger partial charge in [-0.2, -0.15) is 0 Å². The van der Waals surface area contributed by atoms with Gasteiger partial charge >= 0.3 is 48.4 Å². The van der Waals surface area contributed by atoms with E-state index in [0.717, 1.165) is 20.8 Å². The summed E-state index contributed by atoms with van der Waals surface area (Å²) in [7, 11) is 1.51. The molecule has 0 aromatic rings. The molecule has 14 atom stereocenters. The predicted octanol–water partition coefficient (Wildman–Crippen LogP) is 4.90. The minimum absolute atomic E-state index is 0.0423. The molecule has 476 valence electrons. The molecule has 1 saturated carbocycles. The number of rotatable bonds is 18. The first-order chi connectivity index (χ1) is 37.9. The van der Waals surface area contributed by atoms with Gasteiger partial charge in [-0.05, 0) is 130 Å². The summed E-state index contributed by atoms with van der Waals surface area (Å²) in [6.07, 6.45) is -20.0. The predicted molar refractivity (Wildman–Crippen MR) is 293 cm³/mol. The highest BCUT2D eigenvalue weighted by Crippen LogP contribution is 2.36. The zero-order chi connectivity index (χ0) is 63.3. The molecule has 3 rings (SSSR count). The summed E-state index contributed by atoms with van der Waals surface area (Å²) in [6, 6.07) is -5.36. The van der Waals surface area contributed by atoms with E-state index in [1.54, 1.807) is 111 Å². The quantitative estimate of drug-likeness (QED) is 0.0785. The van der Waals surface area contributed by atoms with Crippen LogP contribution in [-0.2, 0) is 76.0 Å². The Morgan fingerprint density at radius 2 is 1.01 bits per heavy atom. The molecule has 0 aromatic heterocycles. The Labute approximate surface area is 487 Å². The number of alkyl carbamates (subject to hydrolysis) is 4. The van der Waals surface area contributed by atoms with Crippen molar-refractivity contribution in [1.29, 1.82) is 0 Å². The molecule has 0 radical (unpaired) electrons. The summed E-state index contributed by atoms with van der Waals surface area (Å²) in [5.41, 5.74) is -4.79. The minimum Gasteiger partial charge on any atom is -0.457 e. The Balaban J connectivity index is 2.33. The fraction of sp³-hybridized carbons (Fsp3) is 0.836. The Bertz CT molecular complexity index is 2230. The zero-order valence-electron chi connectivity index (χ0n) is 52.0. The van der Waals surface area contributed by atoms with Crippen molar-refractivity contribution >= 4 is 54.3 Å². The third-order valence-corrected chi connectivity index (χ3v) is 11.9. The molecule has 28 nitrogen and oxygen atoms in total. The van der Waals surface area contributed by atoms with Gasteiger partial charge in [0.05, 0.1) is 30.3 Å². The van der Waals surface area contributed by atoms with Gasteiger partial charge in [0.1, 0.15) is 52.4 Å². The Kier molecular flexibility index (Phi) is 25.5. The van der Waals surface area contributed by atoms with Gasteiger partial charge in [-0.3, -0.25) is 19.2 Å². The average Bonchev–Trinajstić information content (AvgIpc) is 2.00. The van der Waals surface area contributed by atoms with Crippen molar-refractivity contribution < 1.29 is 105 Å². The van der Waals surface area contributed by atoms with Gasteiger partial charge in [-0.25, -0.2) is 24.0 Å². The Hall–Kier alpha value is -5.97. The van der Waals surface area contributed by atoms with Crippen LogP contribution in [0.15, 0.2) is 0 Å². The van der Waals surface area contributed by atoms with E-state index in [-0.39, 0.29) is 38.8 Å². The van der Waals surface area contributed by atoms with Crippen molar-refractivity contribution in [3.63, 3.8) is 0 Å². The summed E-state index contributed by atoms with van der Waals surface area (Å²) in [5.74, 6) is -3.58. The van der Waals surface area contributed by atoms with Crippen molar-refractivity contribution in [2.45, 2.75) is 277 Å². The number of ether oxygens (including phenoxy) is 12. The topological polar surface area (TPSA) is 348 Å². The number of carbonyl (C=O) groups is 9. The van der Waals surface area contributed by atoms with Crippen LogP contribution in [0.4, 0.5) is 24.0 Å². The number of hydrogen-bond donors (Lipinski definition) is 6. The Morgan fingerprint density at radius 1 is 0.554 bits per heavy atom. The van der Waals surface area contributed by atoms with Gasteiger partial charge in [-0.1, -0.05) is 6.92 Å². The third-order valence-electron chi connectivity index (χ3n) is 11.9. The lowest BCUT2D eigenvalue weighted by Crippen LogP contribution is -2.71. The van der Waals surface area contributed by atoms with Crippen molar-refractivity contribution in [3.8, 4) is 0 Å². The van der Waals surface area contributed by atoms with Crippen molar-refractivity contribution in [2.24, 2.45) is 0 Å². The van der Waals surface area contributed by atoms with Crippen LogP contribution in [-0.4, -0.2) is 198 Å². The van der Waals surface area contributed by atoms with Crippen LogP contribution < -0.4 is 26.6 Å². The third kappa shape index (κ3) is 25.4. The maximum Gasteiger partial charge on any atom is 0.410 e. The van der Waals surface area contributed by atoms with E-state index < -0.39 is 174 Å². The second kappa shape index (κ2) is 29.7. The highest BCUT2D eigenvalue weighted by Gasteiger charge is 2.56. The smallest absolute Gasteiger partial charge is 0.410 e. The van der Waals surface area contributed by atoms with Crippen LogP contribution in [0.1, 0.15) is 164 Å². The zero-order valence-corrected chi connectivity index (χ0v) is 52.0. The monoisotopic (exact) mass is 1190 g/mol. The van der Waals surface area contributed by atoms with E-state index in [1.807, 2.05) is 0 Å². The molecule has 3 fully saturated rings. The molecular weight excluding hydrogens is 1100 g/mol. The second-order valence-corrected chi connectivity index (χ2v) is 25.7. The van der Waals surface area contributed by atoms with E-state index >= 15 is 0 Å². The summed E-state index contributed by atoms with van der Waals surface area (Å²) >= 11 is 0. The van der Waals surface area contributed by atoms with Crippen LogP contribution in [0, 0.1) is 0 Å². The molecular formula is C55H94N6O22. The van der Waals surface area contributed by atoms with Gasteiger partial charge in [0, 0.05) is 47.3 Å². The summed E-state index contributed by atoms with van der Waals surface area (Å²) in [6.45, 7) is 29.3. The lowest BCUT2D eigenvalue weighted by Gasteiger charge is -2.50. The number of esters is 3. The van der Waals surface area contributed by atoms with E-state index in [2.05, 4.69) is 26.6 Å². The first-order valence-electron chi connectivity index (χ1n) is 27.9. The second-order valence-electron chi connectivity index (χ2n) is 25.7.